The molecule has 0 unspecified atom stereocenters. The highest BCUT2D eigenvalue weighted by molar-refractivity contribution is 14.1. The number of allylic oxidation sites excluding steroid dienone is 1. The maximum absolute atomic E-state index is 6.39. The van der Waals surface area contributed by atoms with Gasteiger partial charge in [0, 0.05) is 19.4 Å². The van der Waals surface area contributed by atoms with Crippen LogP contribution in [0.25, 0.3) is 0 Å². The molecule has 180 valence electrons. The van der Waals surface area contributed by atoms with E-state index in [0.29, 0.717) is 5.92 Å². The number of rotatable bonds is 11. The van der Waals surface area contributed by atoms with Gasteiger partial charge in [-0.15, -0.1) is 0 Å². The highest BCUT2D eigenvalue weighted by atomic mass is 127. The zero-order valence-corrected chi connectivity index (χ0v) is 23.9. The first-order valence-electron chi connectivity index (χ1n) is 11.9. The largest absolute Gasteiger partial charge is 0.417 e. The minimum Gasteiger partial charge on any atom is -0.417 e. The van der Waals surface area contributed by atoms with Crippen LogP contribution in [-0.2, 0) is 18.6 Å². The number of hydrogen-bond acceptors (Lipinski definition) is 4. The summed E-state index contributed by atoms with van der Waals surface area (Å²) in [5, 5.41) is 0.261. The van der Waals surface area contributed by atoms with Crippen molar-refractivity contribution in [1.82, 2.24) is 0 Å². The van der Waals surface area contributed by atoms with E-state index in [0.717, 1.165) is 68.3 Å². The van der Waals surface area contributed by atoms with Gasteiger partial charge in [0.25, 0.3) is 0 Å². The summed E-state index contributed by atoms with van der Waals surface area (Å²) >= 11 is 2.32. The standard InChI is InChI=1S/C25H45IO4Si/c1-19-17-22(11-9-16-29-31(7,8)24(4,5)6)30-23(19)12-13-25(18-20(2)21(3)26)27-14-10-15-28-25/h20,22-23H,1,3,9-18H2,2,4-8H3/t20-,22+,23+/m1/s1. The predicted molar refractivity (Wildman–Crippen MR) is 140 cm³/mol. The molecule has 0 bridgehead atoms. The molecule has 0 N–H and O–H groups in total. The quantitative estimate of drug-likeness (QED) is 0.114. The molecule has 0 aromatic heterocycles. The molecule has 0 saturated carbocycles. The van der Waals surface area contributed by atoms with Crippen molar-refractivity contribution in [2.24, 2.45) is 5.92 Å². The van der Waals surface area contributed by atoms with Crippen LogP contribution in [0.5, 0.6) is 0 Å². The van der Waals surface area contributed by atoms with Crippen LogP contribution >= 0.6 is 22.6 Å². The van der Waals surface area contributed by atoms with Gasteiger partial charge in [-0.25, -0.2) is 0 Å². The van der Waals surface area contributed by atoms with Gasteiger partial charge in [0.15, 0.2) is 14.1 Å². The van der Waals surface area contributed by atoms with Gasteiger partial charge in [0.2, 0.25) is 0 Å². The fourth-order valence-corrected chi connectivity index (χ4v) is 5.31. The molecular formula is C25H45IO4Si. The number of ether oxygens (including phenoxy) is 3. The summed E-state index contributed by atoms with van der Waals surface area (Å²) in [6.07, 6.45) is 6.96. The van der Waals surface area contributed by atoms with Crippen LogP contribution in [0.2, 0.25) is 18.1 Å². The summed E-state index contributed by atoms with van der Waals surface area (Å²) in [6.45, 7) is 24.5. The Balaban J connectivity index is 1.80. The molecule has 4 nitrogen and oxygen atoms in total. The zero-order valence-electron chi connectivity index (χ0n) is 20.7. The fraction of sp³-hybridized carbons (Fsp3) is 0.840. The Bertz CT molecular complexity index is 607. The molecule has 2 rings (SSSR count). The molecule has 2 fully saturated rings. The highest BCUT2D eigenvalue weighted by Gasteiger charge is 2.39. The summed E-state index contributed by atoms with van der Waals surface area (Å²) in [7, 11) is -1.66. The van der Waals surface area contributed by atoms with Gasteiger partial charge in [0.05, 0.1) is 25.4 Å². The molecule has 0 aromatic carbocycles. The molecule has 6 heteroatoms. The lowest BCUT2D eigenvalue weighted by Gasteiger charge is -2.39. The average molecular weight is 565 g/mol. The monoisotopic (exact) mass is 564 g/mol. The zero-order chi connectivity index (χ0) is 23.3. The van der Waals surface area contributed by atoms with Gasteiger partial charge in [0.1, 0.15) is 0 Å². The van der Waals surface area contributed by atoms with E-state index < -0.39 is 14.1 Å². The summed E-state index contributed by atoms with van der Waals surface area (Å²) < 4.78 is 26.2. The third-order valence-electron chi connectivity index (χ3n) is 7.20. The molecule has 2 heterocycles. The van der Waals surface area contributed by atoms with Crippen LogP contribution in [-0.4, -0.2) is 46.1 Å². The molecule has 2 aliphatic heterocycles. The fourth-order valence-electron chi connectivity index (χ4n) is 4.01. The summed E-state index contributed by atoms with van der Waals surface area (Å²) in [6, 6.07) is 0. The molecule has 0 radical (unpaired) electrons. The van der Waals surface area contributed by atoms with Crippen LogP contribution in [0.1, 0.15) is 72.6 Å². The smallest absolute Gasteiger partial charge is 0.191 e. The van der Waals surface area contributed by atoms with Crippen molar-refractivity contribution in [3.8, 4) is 0 Å². The number of halogens is 1. The lowest BCUT2D eigenvalue weighted by atomic mass is 9.93. The maximum atomic E-state index is 6.39. The first-order valence-corrected chi connectivity index (χ1v) is 15.9. The second-order valence-electron chi connectivity index (χ2n) is 10.9. The molecule has 31 heavy (non-hydrogen) atoms. The predicted octanol–water partition coefficient (Wildman–Crippen LogP) is 7.39. The van der Waals surface area contributed by atoms with Crippen molar-refractivity contribution in [3.05, 3.63) is 22.3 Å². The third-order valence-corrected chi connectivity index (χ3v) is 12.8. The van der Waals surface area contributed by atoms with Gasteiger partial charge in [-0.3, -0.25) is 0 Å². The van der Waals surface area contributed by atoms with Crippen LogP contribution in [0.4, 0.5) is 0 Å². The van der Waals surface area contributed by atoms with Crippen molar-refractivity contribution in [2.75, 3.05) is 19.8 Å². The van der Waals surface area contributed by atoms with Crippen molar-refractivity contribution >= 4 is 30.9 Å². The minimum absolute atomic E-state index is 0.107. The first-order chi connectivity index (χ1) is 14.4. The van der Waals surface area contributed by atoms with E-state index in [2.05, 4.69) is 76.5 Å². The normalized spacial score (nSPS) is 25.6. The Kier molecular flexibility index (Phi) is 10.3. The minimum atomic E-state index is -1.66. The first kappa shape index (κ1) is 27.5. The van der Waals surface area contributed by atoms with Crippen LogP contribution in [0, 0.1) is 5.92 Å². The average Bonchev–Trinajstić information content (AvgIpc) is 3.03. The number of hydrogen-bond donors (Lipinski definition) is 0. The lowest BCUT2D eigenvalue weighted by Crippen LogP contribution is -2.42. The van der Waals surface area contributed by atoms with Crippen molar-refractivity contribution in [2.45, 2.75) is 109 Å². The van der Waals surface area contributed by atoms with Crippen molar-refractivity contribution in [1.29, 1.82) is 0 Å². The Morgan fingerprint density at radius 1 is 1.26 bits per heavy atom. The van der Waals surface area contributed by atoms with Gasteiger partial charge in [-0.2, -0.15) is 0 Å². The summed E-state index contributed by atoms with van der Waals surface area (Å²) in [4.78, 5) is 0. The summed E-state index contributed by atoms with van der Waals surface area (Å²) in [5.74, 6) is -0.148. The van der Waals surface area contributed by atoms with Crippen LogP contribution in [0.15, 0.2) is 22.3 Å². The SMILES string of the molecule is C=C(I)[C@H](C)CC1(CC[C@@H]2O[C@@H](CCCO[Si](C)(C)C(C)(C)C)CC2=C)OCCCO1. The molecule has 3 atom stereocenters. The Hall–Kier alpha value is 0.267. The van der Waals surface area contributed by atoms with Crippen molar-refractivity contribution < 1.29 is 18.6 Å². The van der Waals surface area contributed by atoms with E-state index in [9.17, 15) is 0 Å². The second kappa shape index (κ2) is 11.6. The van der Waals surface area contributed by atoms with E-state index in [1.165, 1.54) is 5.57 Å². The maximum Gasteiger partial charge on any atom is 0.191 e. The molecule has 0 aliphatic carbocycles. The summed E-state index contributed by atoms with van der Waals surface area (Å²) in [5.41, 5.74) is 1.22. The van der Waals surface area contributed by atoms with Gasteiger partial charge >= 0.3 is 0 Å². The highest BCUT2D eigenvalue weighted by Crippen LogP contribution is 2.39. The second-order valence-corrected chi connectivity index (χ2v) is 17.1. The molecule has 2 saturated heterocycles. The topological polar surface area (TPSA) is 36.9 Å². The van der Waals surface area contributed by atoms with Crippen molar-refractivity contribution in [3.63, 3.8) is 0 Å². The van der Waals surface area contributed by atoms with Gasteiger partial charge in [-0.05, 0) is 87.9 Å². The van der Waals surface area contributed by atoms with E-state index >= 15 is 0 Å². The van der Waals surface area contributed by atoms with Crippen LogP contribution < -0.4 is 0 Å². The molecule has 0 amide bonds. The van der Waals surface area contributed by atoms with Gasteiger partial charge in [-0.1, -0.05) is 40.9 Å². The third kappa shape index (κ3) is 8.21. The van der Waals surface area contributed by atoms with Crippen LogP contribution in [0.3, 0.4) is 0 Å². The van der Waals surface area contributed by atoms with Gasteiger partial charge < -0.3 is 18.6 Å². The van der Waals surface area contributed by atoms with E-state index in [1.807, 2.05) is 0 Å². The molecule has 0 spiro atoms. The Morgan fingerprint density at radius 2 is 1.90 bits per heavy atom. The molecule has 0 aromatic rings. The Morgan fingerprint density at radius 3 is 2.48 bits per heavy atom. The lowest BCUT2D eigenvalue weighted by molar-refractivity contribution is -0.278. The molecular weight excluding hydrogens is 519 g/mol. The van der Waals surface area contributed by atoms with E-state index in [-0.39, 0.29) is 17.2 Å². The molecule has 2 aliphatic rings. The van der Waals surface area contributed by atoms with E-state index in [4.69, 9.17) is 18.6 Å². The Labute approximate surface area is 205 Å². The van der Waals surface area contributed by atoms with E-state index in [1.54, 1.807) is 0 Å².